The third-order valence-electron chi connectivity index (χ3n) is 3.07. The molecule has 1 heterocycles. The molecule has 2 nitrogen and oxygen atoms in total. The number of hydrogen-bond donors (Lipinski definition) is 1. The SMILES string of the molecule is Cc1ccc(C2CCCC(N)C2)nc1. The van der Waals surface area contributed by atoms with Crippen LogP contribution in [-0.2, 0) is 0 Å². The molecule has 0 aromatic carbocycles. The van der Waals surface area contributed by atoms with Crippen molar-refractivity contribution < 1.29 is 0 Å². The molecule has 0 bridgehead atoms. The molecule has 2 unspecified atom stereocenters. The van der Waals surface area contributed by atoms with Gasteiger partial charge in [-0.3, -0.25) is 4.98 Å². The minimum atomic E-state index is 0.386. The van der Waals surface area contributed by atoms with Gasteiger partial charge in [-0.2, -0.15) is 0 Å². The number of aryl methyl sites for hydroxylation is 1. The molecule has 0 saturated heterocycles. The summed E-state index contributed by atoms with van der Waals surface area (Å²) in [7, 11) is 0. The lowest BCUT2D eigenvalue weighted by Gasteiger charge is -2.26. The van der Waals surface area contributed by atoms with E-state index < -0.39 is 0 Å². The maximum absolute atomic E-state index is 5.96. The van der Waals surface area contributed by atoms with Crippen molar-refractivity contribution in [2.45, 2.75) is 44.6 Å². The third kappa shape index (κ3) is 2.13. The highest BCUT2D eigenvalue weighted by atomic mass is 14.7. The second kappa shape index (κ2) is 4.09. The van der Waals surface area contributed by atoms with Gasteiger partial charge in [0.2, 0.25) is 0 Å². The summed E-state index contributed by atoms with van der Waals surface area (Å²) in [5, 5.41) is 0. The van der Waals surface area contributed by atoms with E-state index in [2.05, 4.69) is 24.0 Å². The van der Waals surface area contributed by atoms with Gasteiger partial charge in [0.05, 0.1) is 0 Å². The Morgan fingerprint density at radius 1 is 1.36 bits per heavy atom. The van der Waals surface area contributed by atoms with E-state index in [-0.39, 0.29) is 0 Å². The first-order valence-electron chi connectivity index (χ1n) is 5.44. The van der Waals surface area contributed by atoms with Crippen molar-refractivity contribution in [3.05, 3.63) is 29.6 Å². The zero-order chi connectivity index (χ0) is 9.97. The fourth-order valence-electron chi connectivity index (χ4n) is 2.22. The molecule has 0 amide bonds. The van der Waals surface area contributed by atoms with E-state index >= 15 is 0 Å². The van der Waals surface area contributed by atoms with Gasteiger partial charge >= 0.3 is 0 Å². The molecule has 1 aromatic rings. The number of hydrogen-bond acceptors (Lipinski definition) is 2. The molecule has 0 aliphatic heterocycles. The quantitative estimate of drug-likeness (QED) is 0.738. The molecule has 1 aromatic heterocycles. The Morgan fingerprint density at radius 3 is 2.86 bits per heavy atom. The summed E-state index contributed by atoms with van der Waals surface area (Å²) in [6, 6.07) is 4.68. The van der Waals surface area contributed by atoms with Crippen LogP contribution >= 0.6 is 0 Å². The second-order valence-corrected chi connectivity index (χ2v) is 4.38. The van der Waals surface area contributed by atoms with Crippen molar-refractivity contribution in [2.75, 3.05) is 0 Å². The average Bonchev–Trinajstić information content (AvgIpc) is 2.19. The Labute approximate surface area is 85.5 Å². The van der Waals surface area contributed by atoms with Crippen molar-refractivity contribution in [3.63, 3.8) is 0 Å². The lowest BCUT2D eigenvalue weighted by molar-refractivity contribution is 0.388. The van der Waals surface area contributed by atoms with E-state index in [9.17, 15) is 0 Å². The van der Waals surface area contributed by atoms with E-state index in [1.807, 2.05) is 6.20 Å². The highest BCUT2D eigenvalue weighted by Crippen LogP contribution is 2.30. The van der Waals surface area contributed by atoms with E-state index in [0.29, 0.717) is 12.0 Å². The highest BCUT2D eigenvalue weighted by molar-refractivity contribution is 5.16. The normalized spacial score (nSPS) is 27.6. The first-order valence-corrected chi connectivity index (χ1v) is 5.44. The van der Waals surface area contributed by atoms with E-state index in [1.54, 1.807) is 0 Å². The van der Waals surface area contributed by atoms with Crippen molar-refractivity contribution in [1.82, 2.24) is 4.98 Å². The Balaban J connectivity index is 2.10. The van der Waals surface area contributed by atoms with E-state index in [4.69, 9.17) is 5.73 Å². The number of aromatic nitrogens is 1. The molecule has 2 rings (SSSR count). The van der Waals surface area contributed by atoms with Gasteiger partial charge in [0.15, 0.2) is 0 Å². The number of rotatable bonds is 1. The molecule has 1 fully saturated rings. The van der Waals surface area contributed by atoms with Gasteiger partial charge in [-0.15, -0.1) is 0 Å². The Hall–Kier alpha value is -0.890. The minimum absolute atomic E-state index is 0.386. The van der Waals surface area contributed by atoms with E-state index in [1.165, 1.54) is 30.5 Å². The van der Waals surface area contributed by atoms with Crippen LogP contribution in [0.2, 0.25) is 0 Å². The lowest BCUT2D eigenvalue weighted by Crippen LogP contribution is -2.27. The van der Waals surface area contributed by atoms with Crippen LogP contribution in [-0.4, -0.2) is 11.0 Å². The molecule has 76 valence electrons. The molecule has 1 aliphatic rings. The first-order chi connectivity index (χ1) is 6.75. The standard InChI is InChI=1S/C12H18N2/c1-9-5-6-12(14-8-9)10-3-2-4-11(13)7-10/h5-6,8,10-11H,2-4,7,13H2,1H3. The van der Waals surface area contributed by atoms with Crippen LogP contribution in [0.4, 0.5) is 0 Å². The first kappa shape index (κ1) is 9.66. The highest BCUT2D eigenvalue weighted by Gasteiger charge is 2.21. The zero-order valence-corrected chi connectivity index (χ0v) is 8.74. The average molecular weight is 190 g/mol. The van der Waals surface area contributed by atoms with Gasteiger partial charge in [0.1, 0.15) is 0 Å². The van der Waals surface area contributed by atoms with Gasteiger partial charge in [-0.25, -0.2) is 0 Å². The molecule has 1 saturated carbocycles. The maximum atomic E-state index is 5.96. The molecule has 2 heteroatoms. The Bertz CT molecular complexity index is 292. The van der Waals surface area contributed by atoms with Gasteiger partial charge in [-0.1, -0.05) is 12.5 Å². The van der Waals surface area contributed by atoms with Crippen LogP contribution in [0.5, 0.6) is 0 Å². The predicted octanol–water partition coefficient (Wildman–Crippen LogP) is 2.37. The van der Waals surface area contributed by atoms with Crippen molar-refractivity contribution in [3.8, 4) is 0 Å². The van der Waals surface area contributed by atoms with Gasteiger partial charge in [0, 0.05) is 23.9 Å². The summed E-state index contributed by atoms with van der Waals surface area (Å²) in [5.41, 5.74) is 8.42. The third-order valence-corrected chi connectivity index (χ3v) is 3.07. The largest absolute Gasteiger partial charge is 0.328 e. The molecule has 14 heavy (non-hydrogen) atoms. The Morgan fingerprint density at radius 2 is 2.21 bits per heavy atom. The number of nitrogens with two attached hydrogens (primary N) is 1. The van der Waals surface area contributed by atoms with Crippen LogP contribution in [0.3, 0.4) is 0 Å². The van der Waals surface area contributed by atoms with Crippen LogP contribution in [0, 0.1) is 6.92 Å². The summed E-state index contributed by atoms with van der Waals surface area (Å²) in [5.74, 6) is 0.597. The minimum Gasteiger partial charge on any atom is -0.328 e. The second-order valence-electron chi connectivity index (χ2n) is 4.38. The summed E-state index contributed by atoms with van der Waals surface area (Å²) in [6.45, 7) is 2.07. The van der Waals surface area contributed by atoms with Gasteiger partial charge in [-0.05, 0) is 37.8 Å². The van der Waals surface area contributed by atoms with Crippen LogP contribution in [0.25, 0.3) is 0 Å². The maximum Gasteiger partial charge on any atom is 0.0435 e. The lowest BCUT2D eigenvalue weighted by atomic mass is 9.84. The molecule has 1 aliphatic carbocycles. The molecule has 2 N–H and O–H groups in total. The van der Waals surface area contributed by atoms with E-state index in [0.717, 1.165) is 6.42 Å². The van der Waals surface area contributed by atoms with Crippen LogP contribution < -0.4 is 5.73 Å². The Kier molecular flexibility index (Phi) is 2.82. The number of pyridine rings is 1. The smallest absolute Gasteiger partial charge is 0.0435 e. The molecule has 0 spiro atoms. The fourth-order valence-corrected chi connectivity index (χ4v) is 2.22. The predicted molar refractivity (Wildman–Crippen MR) is 58.2 cm³/mol. The summed E-state index contributed by atoms with van der Waals surface area (Å²) in [6.07, 6.45) is 6.75. The monoisotopic (exact) mass is 190 g/mol. The molecule has 0 radical (unpaired) electrons. The van der Waals surface area contributed by atoms with Crippen molar-refractivity contribution in [2.24, 2.45) is 5.73 Å². The number of nitrogens with zero attached hydrogens (tertiary/aromatic N) is 1. The molecule has 2 atom stereocenters. The summed E-state index contributed by atoms with van der Waals surface area (Å²) in [4.78, 5) is 4.48. The summed E-state index contributed by atoms with van der Waals surface area (Å²) < 4.78 is 0. The topological polar surface area (TPSA) is 38.9 Å². The van der Waals surface area contributed by atoms with Crippen LogP contribution in [0.15, 0.2) is 18.3 Å². The van der Waals surface area contributed by atoms with Crippen LogP contribution in [0.1, 0.15) is 42.9 Å². The summed E-state index contributed by atoms with van der Waals surface area (Å²) >= 11 is 0. The zero-order valence-electron chi connectivity index (χ0n) is 8.74. The molecular formula is C12H18N2. The molecular weight excluding hydrogens is 172 g/mol. The van der Waals surface area contributed by atoms with Gasteiger partial charge in [0.25, 0.3) is 0 Å². The van der Waals surface area contributed by atoms with Crippen molar-refractivity contribution >= 4 is 0 Å². The fraction of sp³-hybridized carbons (Fsp3) is 0.583. The van der Waals surface area contributed by atoms with Crippen molar-refractivity contribution in [1.29, 1.82) is 0 Å². The van der Waals surface area contributed by atoms with Gasteiger partial charge < -0.3 is 5.73 Å².